The van der Waals surface area contributed by atoms with E-state index in [2.05, 4.69) is 12.2 Å². The second kappa shape index (κ2) is 5.30. The molecule has 0 aliphatic heterocycles. The van der Waals surface area contributed by atoms with Gasteiger partial charge >= 0.3 is 0 Å². The summed E-state index contributed by atoms with van der Waals surface area (Å²) in [5, 5.41) is 3.88. The highest BCUT2D eigenvalue weighted by atomic mass is 14.9. The van der Waals surface area contributed by atoms with E-state index in [4.69, 9.17) is 0 Å². The van der Waals surface area contributed by atoms with Gasteiger partial charge in [-0.2, -0.15) is 0 Å². The smallest absolute Gasteiger partial charge is 0.0126 e. The van der Waals surface area contributed by atoms with Gasteiger partial charge in [0.25, 0.3) is 0 Å². The molecule has 98 valence electrons. The third-order valence-corrected chi connectivity index (χ3v) is 5.85. The number of rotatable bonds is 4. The lowest BCUT2D eigenvalue weighted by molar-refractivity contribution is 0.162. The number of nitrogens with one attached hydrogen (secondary N) is 1. The number of hydrogen-bond acceptors (Lipinski definition) is 1. The Morgan fingerprint density at radius 1 is 1.00 bits per heavy atom. The van der Waals surface area contributed by atoms with Gasteiger partial charge in [0.05, 0.1) is 0 Å². The fraction of sp³-hybridized carbons (Fsp3) is 1.00. The average Bonchev–Trinajstić information content (AvgIpc) is 2.99. The predicted octanol–water partition coefficient (Wildman–Crippen LogP) is 3.98. The van der Waals surface area contributed by atoms with E-state index >= 15 is 0 Å². The van der Waals surface area contributed by atoms with E-state index < -0.39 is 0 Å². The Bertz CT molecular complexity index is 244. The average molecular weight is 235 g/mol. The highest BCUT2D eigenvalue weighted by Crippen LogP contribution is 2.51. The monoisotopic (exact) mass is 235 g/mol. The summed E-state index contributed by atoms with van der Waals surface area (Å²) in [6.07, 6.45) is 13.7. The van der Waals surface area contributed by atoms with Crippen LogP contribution in [0.3, 0.4) is 0 Å². The zero-order valence-corrected chi connectivity index (χ0v) is 11.5. The Morgan fingerprint density at radius 3 is 2.41 bits per heavy atom. The summed E-state index contributed by atoms with van der Waals surface area (Å²) in [6, 6.07) is 0.871. The minimum Gasteiger partial charge on any atom is -0.314 e. The first-order valence-corrected chi connectivity index (χ1v) is 8.12. The summed E-state index contributed by atoms with van der Waals surface area (Å²) < 4.78 is 0. The fourth-order valence-corrected chi connectivity index (χ4v) is 5.13. The molecule has 1 heteroatoms. The molecular formula is C16H29N. The maximum atomic E-state index is 3.88. The molecule has 0 amide bonds. The molecule has 2 bridgehead atoms. The van der Waals surface area contributed by atoms with Crippen LogP contribution < -0.4 is 5.32 Å². The second-order valence-electron chi connectivity index (χ2n) is 6.82. The third-order valence-electron chi connectivity index (χ3n) is 5.85. The molecule has 3 aliphatic rings. The van der Waals surface area contributed by atoms with Crippen LogP contribution in [0.4, 0.5) is 0 Å². The van der Waals surface area contributed by atoms with Crippen LogP contribution in [-0.4, -0.2) is 12.6 Å². The predicted molar refractivity (Wildman–Crippen MR) is 73.0 cm³/mol. The second-order valence-corrected chi connectivity index (χ2v) is 6.82. The first-order valence-electron chi connectivity index (χ1n) is 8.12. The Labute approximate surface area is 107 Å². The van der Waals surface area contributed by atoms with Gasteiger partial charge in [-0.1, -0.05) is 32.6 Å². The molecule has 0 aromatic carbocycles. The standard InChI is InChI=1S/C16H29N/c1-2-17-16(13-6-4-3-5-7-13)15-11-12-8-9-14(15)10-12/h12-17H,2-11H2,1H3. The molecule has 0 radical (unpaired) electrons. The zero-order valence-electron chi connectivity index (χ0n) is 11.5. The quantitative estimate of drug-likeness (QED) is 0.777. The van der Waals surface area contributed by atoms with Crippen molar-refractivity contribution in [1.82, 2.24) is 5.32 Å². The molecule has 0 heterocycles. The third kappa shape index (κ3) is 2.41. The molecule has 17 heavy (non-hydrogen) atoms. The molecule has 0 aromatic heterocycles. The fourth-order valence-electron chi connectivity index (χ4n) is 5.13. The van der Waals surface area contributed by atoms with Crippen molar-refractivity contribution >= 4 is 0 Å². The molecule has 0 saturated heterocycles. The summed E-state index contributed by atoms with van der Waals surface area (Å²) in [7, 11) is 0. The van der Waals surface area contributed by atoms with Crippen LogP contribution in [0.15, 0.2) is 0 Å². The Hall–Kier alpha value is -0.0400. The molecule has 0 aromatic rings. The molecule has 3 fully saturated rings. The summed E-state index contributed by atoms with van der Waals surface area (Å²) in [6.45, 7) is 3.47. The highest BCUT2D eigenvalue weighted by Gasteiger charge is 2.44. The lowest BCUT2D eigenvalue weighted by Crippen LogP contribution is -2.44. The van der Waals surface area contributed by atoms with Crippen molar-refractivity contribution in [3.8, 4) is 0 Å². The zero-order chi connectivity index (χ0) is 11.7. The lowest BCUT2D eigenvalue weighted by atomic mass is 9.73. The lowest BCUT2D eigenvalue weighted by Gasteiger charge is -2.38. The van der Waals surface area contributed by atoms with Crippen molar-refractivity contribution in [2.45, 2.75) is 70.8 Å². The van der Waals surface area contributed by atoms with Gasteiger partial charge in [0.1, 0.15) is 0 Å². The van der Waals surface area contributed by atoms with Gasteiger partial charge in [0, 0.05) is 6.04 Å². The molecule has 3 saturated carbocycles. The van der Waals surface area contributed by atoms with E-state index in [9.17, 15) is 0 Å². The topological polar surface area (TPSA) is 12.0 Å². The van der Waals surface area contributed by atoms with Crippen LogP contribution in [-0.2, 0) is 0 Å². The van der Waals surface area contributed by atoms with Gasteiger partial charge in [0.2, 0.25) is 0 Å². The number of fused-ring (bicyclic) bond motifs is 2. The summed E-state index contributed by atoms with van der Waals surface area (Å²) >= 11 is 0. The van der Waals surface area contributed by atoms with Crippen LogP contribution in [0.5, 0.6) is 0 Å². The van der Waals surface area contributed by atoms with E-state index in [0.29, 0.717) is 0 Å². The molecule has 0 spiro atoms. The van der Waals surface area contributed by atoms with Gasteiger partial charge < -0.3 is 5.32 Å². The van der Waals surface area contributed by atoms with Crippen LogP contribution in [0, 0.1) is 23.7 Å². The molecular weight excluding hydrogens is 206 g/mol. The van der Waals surface area contributed by atoms with Gasteiger partial charge in [-0.05, 0) is 62.3 Å². The molecule has 1 nitrogen and oxygen atoms in total. The van der Waals surface area contributed by atoms with E-state index in [0.717, 1.165) is 29.7 Å². The summed E-state index contributed by atoms with van der Waals surface area (Å²) in [5.41, 5.74) is 0. The van der Waals surface area contributed by atoms with Gasteiger partial charge in [-0.3, -0.25) is 0 Å². The van der Waals surface area contributed by atoms with Crippen molar-refractivity contribution < 1.29 is 0 Å². The molecule has 4 unspecified atom stereocenters. The molecule has 1 N–H and O–H groups in total. The normalized spacial score (nSPS) is 39.7. The van der Waals surface area contributed by atoms with E-state index in [-0.39, 0.29) is 0 Å². The van der Waals surface area contributed by atoms with E-state index in [1.807, 2.05) is 0 Å². The van der Waals surface area contributed by atoms with Crippen LogP contribution in [0.2, 0.25) is 0 Å². The maximum absolute atomic E-state index is 3.88. The Balaban J connectivity index is 1.66. The van der Waals surface area contributed by atoms with E-state index in [1.54, 1.807) is 25.7 Å². The van der Waals surface area contributed by atoms with Crippen LogP contribution in [0.1, 0.15) is 64.7 Å². The van der Waals surface area contributed by atoms with Crippen molar-refractivity contribution in [2.24, 2.45) is 23.7 Å². The first-order chi connectivity index (χ1) is 8.38. The Morgan fingerprint density at radius 2 is 1.82 bits per heavy atom. The van der Waals surface area contributed by atoms with Crippen LogP contribution in [0.25, 0.3) is 0 Å². The van der Waals surface area contributed by atoms with Crippen molar-refractivity contribution in [1.29, 1.82) is 0 Å². The minimum atomic E-state index is 0.871. The van der Waals surface area contributed by atoms with Crippen molar-refractivity contribution in [3.63, 3.8) is 0 Å². The maximum Gasteiger partial charge on any atom is 0.0126 e. The molecule has 4 atom stereocenters. The summed E-state index contributed by atoms with van der Waals surface area (Å²) in [5.74, 6) is 4.24. The van der Waals surface area contributed by atoms with Gasteiger partial charge in [-0.25, -0.2) is 0 Å². The van der Waals surface area contributed by atoms with Crippen molar-refractivity contribution in [3.05, 3.63) is 0 Å². The molecule has 3 rings (SSSR count). The minimum absolute atomic E-state index is 0.871. The SMILES string of the molecule is CCNC(C1CCCCC1)C1CC2CCC1C2. The highest BCUT2D eigenvalue weighted by molar-refractivity contribution is 4.97. The van der Waals surface area contributed by atoms with E-state index in [1.165, 1.54) is 38.6 Å². The first kappa shape index (κ1) is 12.0. The number of hydrogen-bond donors (Lipinski definition) is 1. The summed E-state index contributed by atoms with van der Waals surface area (Å²) in [4.78, 5) is 0. The Kier molecular flexibility index (Phi) is 3.75. The van der Waals surface area contributed by atoms with Gasteiger partial charge in [0.15, 0.2) is 0 Å². The molecule has 3 aliphatic carbocycles. The van der Waals surface area contributed by atoms with Gasteiger partial charge in [-0.15, -0.1) is 0 Å². The largest absolute Gasteiger partial charge is 0.314 e. The van der Waals surface area contributed by atoms with Crippen molar-refractivity contribution in [2.75, 3.05) is 6.54 Å². The van der Waals surface area contributed by atoms with Crippen LogP contribution >= 0.6 is 0 Å².